The number of amides is 4. The number of para-hydroxylation sites is 1. The first-order valence-corrected chi connectivity index (χ1v) is 19.5. The van der Waals surface area contributed by atoms with Gasteiger partial charge in [0.1, 0.15) is 6.04 Å². The lowest BCUT2D eigenvalue weighted by atomic mass is 9.99. The average Bonchev–Trinajstić information content (AvgIpc) is 3.73. The van der Waals surface area contributed by atoms with Crippen LogP contribution in [0.3, 0.4) is 0 Å². The number of rotatable bonds is 9. The number of nitrogens with one attached hydrogen (secondary N) is 1. The largest absolute Gasteiger partial charge is 0.465 e. The molecule has 3 fully saturated rings. The Morgan fingerprint density at radius 2 is 1.65 bits per heavy atom. The minimum absolute atomic E-state index is 0.0268. The fraction of sp³-hybridized carbons (Fsp3) is 0.575. The molecule has 14 heteroatoms. The van der Waals surface area contributed by atoms with E-state index in [-0.39, 0.29) is 42.5 Å². The minimum atomic E-state index is -1.10. The van der Waals surface area contributed by atoms with Gasteiger partial charge in [-0.1, -0.05) is 31.2 Å². The molecule has 0 unspecified atom stereocenters. The number of piperidine rings is 2. The van der Waals surface area contributed by atoms with Crippen LogP contribution in [0.5, 0.6) is 0 Å². The van der Waals surface area contributed by atoms with Crippen LogP contribution in [0.4, 0.5) is 15.3 Å². The molecule has 4 aliphatic heterocycles. The molecule has 4 amide bonds. The van der Waals surface area contributed by atoms with Gasteiger partial charge < -0.3 is 33.9 Å². The number of nitrogens with zero attached hydrogens (tertiary/aromatic N) is 5. The SMILES string of the molecule is CCCOC(=O)[C@@H]1CCCN1C1CCN(C(=O)[C@@H](Cc2cc(C)c3c(c2)oc(=O)n3C)OC(=O)N2CCC(N3CCc4ccccc4NC3=O)CC2)CC1. The molecular weight excluding hydrogens is 692 g/mol. The molecule has 1 aromatic heterocycles. The lowest BCUT2D eigenvalue weighted by Gasteiger charge is -2.40. The summed E-state index contributed by atoms with van der Waals surface area (Å²) in [4.78, 5) is 73.8. The summed E-state index contributed by atoms with van der Waals surface area (Å²) in [5.41, 5.74) is 4.56. The van der Waals surface area contributed by atoms with Gasteiger partial charge in [-0.25, -0.2) is 14.4 Å². The Hall–Kier alpha value is -4.85. The number of hydrogen-bond donors (Lipinski definition) is 1. The van der Waals surface area contributed by atoms with E-state index in [0.717, 1.165) is 49.0 Å². The molecule has 5 heterocycles. The van der Waals surface area contributed by atoms with Crippen LogP contribution >= 0.6 is 0 Å². The Labute approximate surface area is 315 Å². The third-order valence-electron chi connectivity index (χ3n) is 11.6. The number of carbonyl (C=O) groups is 4. The molecule has 14 nitrogen and oxygen atoms in total. The third kappa shape index (κ3) is 7.84. The predicted octanol–water partition coefficient (Wildman–Crippen LogP) is 4.45. The number of aryl methyl sites for hydroxylation is 2. The van der Waals surface area contributed by atoms with Gasteiger partial charge >= 0.3 is 23.8 Å². The zero-order valence-electron chi connectivity index (χ0n) is 31.6. The van der Waals surface area contributed by atoms with Crippen molar-refractivity contribution >= 4 is 40.8 Å². The Morgan fingerprint density at radius 3 is 2.41 bits per heavy atom. The van der Waals surface area contributed by atoms with E-state index in [1.807, 2.05) is 49.1 Å². The highest BCUT2D eigenvalue weighted by Crippen LogP contribution is 2.29. The first-order chi connectivity index (χ1) is 26.1. The van der Waals surface area contributed by atoms with Crippen LogP contribution in [-0.4, -0.2) is 118 Å². The van der Waals surface area contributed by atoms with Crippen LogP contribution in [-0.2, 0) is 39.0 Å². The summed E-state index contributed by atoms with van der Waals surface area (Å²) >= 11 is 0. The maximum absolute atomic E-state index is 14.3. The maximum atomic E-state index is 14.3. The number of hydrogen-bond acceptors (Lipinski definition) is 9. The standard InChI is InChI=1S/C40H52N6O8/c1-4-22-52-37(48)32-10-7-16-45(32)29-12-17-43(18-13-29)36(47)34(25-27-23-26(2)35-33(24-27)53-39(50)42(35)3)54-40(51)44-19-14-30(15-20-44)46-21-11-28-8-5-6-9-31(28)41-38(46)49/h5-6,8-9,23-24,29-30,32,34H,4,7,10-22,25H2,1-3H3,(H,41,49)/t32-,34+/m0/s1. The number of carbonyl (C=O) groups excluding carboxylic acids is 4. The highest BCUT2D eigenvalue weighted by atomic mass is 16.6. The van der Waals surface area contributed by atoms with Gasteiger partial charge in [-0.05, 0) is 93.7 Å². The van der Waals surface area contributed by atoms with Crippen molar-refractivity contribution in [2.75, 3.05) is 51.2 Å². The van der Waals surface area contributed by atoms with E-state index in [1.165, 1.54) is 4.57 Å². The molecule has 3 aromatic rings. The van der Waals surface area contributed by atoms with E-state index in [4.69, 9.17) is 13.9 Å². The fourth-order valence-electron chi connectivity index (χ4n) is 8.79. The predicted molar refractivity (Wildman–Crippen MR) is 201 cm³/mol. The van der Waals surface area contributed by atoms with Crippen molar-refractivity contribution < 1.29 is 33.1 Å². The molecule has 0 bridgehead atoms. The van der Waals surface area contributed by atoms with Gasteiger partial charge in [0.15, 0.2) is 11.7 Å². The van der Waals surface area contributed by atoms with Crippen molar-refractivity contribution in [1.82, 2.24) is 24.2 Å². The number of aromatic nitrogens is 1. The molecule has 0 aliphatic carbocycles. The van der Waals surface area contributed by atoms with E-state index in [0.29, 0.717) is 81.7 Å². The van der Waals surface area contributed by atoms with Gasteiger partial charge in [-0.2, -0.15) is 0 Å². The Bertz CT molecular complexity index is 1920. The second-order valence-corrected chi connectivity index (χ2v) is 15.1. The summed E-state index contributed by atoms with van der Waals surface area (Å²) < 4.78 is 18.5. The molecule has 2 atom stereocenters. The first kappa shape index (κ1) is 37.5. The van der Waals surface area contributed by atoms with Gasteiger partial charge in [-0.3, -0.25) is 19.1 Å². The van der Waals surface area contributed by atoms with Crippen LogP contribution in [0, 0.1) is 6.92 Å². The number of urea groups is 1. The van der Waals surface area contributed by atoms with Crippen molar-refractivity contribution in [2.24, 2.45) is 7.05 Å². The summed E-state index contributed by atoms with van der Waals surface area (Å²) in [6.07, 6.45) is 4.29. The zero-order valence-corrected chi connectivity index (χ0v) is 31.6. The van der Waals surface area contributed by atoms with Crippen LogP contribution in [0.15, 0.2) is 45.6 Å². The van der Waals surface area contributed by atoms with Crippen LogP contribution < -0.4 is 11.1 Å². The van der Waals surface area contributed by atoms with Crippen molar-refractivity contribution in [3.05, 3.63) is 63.6 Å². The molecule has 0 radical (unpaired) electrons. The molecule has 7 rings (SSSR count). The second-order valence-electron chi connectivity index (χ2n) is 15.1. The number of oxazole rings is 1. The van der Waals surface area contributed by atoms with Gasteiger partial charge in [0.2, 0.25) is 0 Å². The molecular formula is C40H52N6O8. The number of likely N-dealkylation sites (tertiary alicyclic amines) is 3. The van der Waals surface area contributed by atoms with Crippen LogP contribution in [0.25, 0.3) is 11.1 Å². The van der Waals surface area contributed by atoms with Crippen molar-refractivity contribution in [3.8, 4) is 0 Å². The molecule has 0 saturated carbocycles. The number of ether oxygens (including phenoxy) is 2. The first-order valence-electron chi connectivity index (χ1n) is 19.5. The summed E-state index contributed by atoms with van der Waals surface area (Å²) in [5, 5.41) is 3.04. The summed E-state index contributed by atoms with van der Waals surface area (Å²) in [6.45, 7) is 7.44. The Balaban J connectivity index is 1.02. The van der Waals surface area contributed by atoms with E-state index < -0.39 is 18.0 Å². The quantitative estimate of drug-likeness (QED) is 0.314. The second kappa shape index (κ2) is 16.3. The van der Waals surface area contributed by atoms with E-state index in [2.05, 4.69) is 10.2 Å². The number of benzene rings is 2. The number of fused-ring (bicyclic) bond motifs is 2. The molecule has 1 N–H and O–H groups in total. The van der Waals surface area contributed by atoms with E-state index in [9.17, 15) is 24.0 Å². The zero-order chi connectivity index (χ0) is 37.9. The highest BCUT2D eigenvalue weighted by Gasteiger charge is 2.40. The summed E-state index contributed by atoms with van der Waals surface area (Å²) in [7, 11) is 1.65. The van der Waals surface area contributed by atoms with E-state index >= 15 is 0 Å². The molecule has 2 aromatic carbocycles. The van der Waals surface area contributed by atoms with Crippen LogP contribution in [0.1, 0.15) is 68.6 Å². The minimum Gasteiger partial charge on any atom is -0.465 e. The molecule has 3 saturated heterocycles. The molecule has 54 heavy (non-hydrogen) atoms. The van der Waals surface area contributed by atoms with Gasteiger partial charge in [-0.15, -0.1) is 0 Å². The summed E-state index contributed by atoms with van der Waals surface area (Å²) in [6, 6.07) is 11.2. The normalized spacial score (nSPS) is 20.8. The average molecular weight is 745 g/mol. The highest BCUT2D eigenvalue weighted by molar-refractivity contribution is 5.91. The molecule has 0 spiro atoms. The lowest BCUT2D eigenvalue weighted by molar-refractivity contribution is -0.151. The van der Waals surface area contributed by atoms with Gasteiger partial charge in [0.05, 0.1) is 12.1 Å². The van der Waals surface area contributed by atoms with Gasteiger partial charge in [0.25, 0.3) is 5.91 Å². The lowest BCUT2D eigenvalue weighted by Crippen LogP contribution is -2.53. The smallest absolute Gasteiger partial charge is 0.419 e. The van der Waals surface area contributed by atoms with Crippen LogP contribution in [0.2, 0.25) is 0 Å². The van der Waals surface area contributed by atoms with E-state index in [1.54, 1.807) is 22.9 Å². The van der Waals surface area contributed by atoms with Gasteiger partial charge in [0, 0.05) is 64.0 Å². The Kier molecular flexibility index (Phi) is 11.3. The van der Waals surface area contributed by atoms with Crippen molar-refractivity contribution in [3.63, 3.8) is 0 Å². The molecule has 290 valence electrons. The number of esters is 1. The fourth-order valence-corrected chi connectivity index (χ4v) is 8.79. The number of anilines is 1. The third-order valence-corrected chi connectivity index (χ3v) is 11.6. The van der Waals surface area contributed by atoms with Crippen molar-refractivity contribution in [1.29, 1.82) is 0 Å². The Morgan fingerprint density at radius 1 is 0.926 bits per heavy atom. The monoisotopic (exact) mass is 744 g/mol. The molecule has 4 aliphatic rings. The van der Waals surface area contributed by atoms with Crippen molar-refractivity contribution in [2.45, 2.75) is 95.9 Å². The summed E-state index contributed by atoms with van der Waals surface area (Å²) in [5.74, 6) is -0.910. The maximum Gasteiger partial charge on any atom is 0.419 e. The topological polar surface area (TPSA) is 147 Å².